The molecule has 0 saturated heterocycles. The zero-order valence-corrected chi connectivity index (χ0v) is 13.4. The van der Waals surface area contributed by atoms with Gasteiger partial charge in [-0.2, -0.15) is 0 Å². The van der Waals surface area contributed by atoms with Crippen LogP contribution in [0, 0.1) is 18.6 Å². The first-order valence-electron chi connectivity index (χ1n) is 7.60. The number of pyridine rings is 1. The van der Waals surface area contributed by atoms with E-state index in [9.17, 15) is 13.6 Å². The molecule has 0 radical (unpaired) electrons. The van der Waals surface area contributed by atoms with Gasteiger partial charge in [0.25, 0.3) is 11.6 Å². The average Bonchev–Trinajstić information content (AvgIpc) is 3.27. The highest BCUT2D eigenvalue weighted by Gasteiger charge is 2.21. The minimum absolute atomic E-state index is 0.144. The van der Waals surface area contributed by atoms with Gasteiger partial charge in [-0.15, -0.1) is 0 Å². The Morgan fingerprint density at radius 3 is 2.77 bits per heavy atom. The summed E-state index contributed by atoms with van der Waals surface area (Å²) in [5, 5.41) is 6.66. The lowest BCUT2D eigenvalue weighted by molar-refractivity contribution is 0.102. The van der Waals surface area contributed by atoms with E-state index in [2.05, 4.69) is 15.5 Å². The number of aryl methyl sites for hydroxylation is 1. The lowest BCUT2D eigenvalue weighted by Gasteiger charge is -2.08. The summed E-state index contributed by atoms with van der Waals surface area (Å²) in [6.07, 6.45) is 1.47. The summed E-state index contributed by atoms with van der Waals surface area (Å²) in [7, 11) is 0. The van der Waals surface area contributed by atoms with Gasteiger partial charge >= 0.3 is 0 Å². The van der Waals surface area contributed by atoms with Gasteiger partial charge < -0.3 is 14.3 Å². The van der Waals surface area contributed by atoms with E-state index < -0.39 is 17.5 Å². The molecule has 6 nitrogen and oxygen atoms in total. The largest absolute Gasteiger partial charge is 0.463 e. The van der Waals surface area contributed by atoms with Crippen molar-refractivity contribution in [2.75, 3.05) is 5.32 Å². The molecule has 1 N–H and O–H groups in total. The molecule has 0 unspecified atom stereocenters. The van der Waals surface area contributed by atoms with E-state index in [1.807, 2.05) is 0 Å². The maximum absolute atomic E-state index is 13.8. The summed E-state index contributed by atoms with van der Waals surface area (Å²) in [5.41, 5.74) is 1.02. The molecule has 0 saturated carbocycles. The van der Waals surface area contributed by atoms with Crippen molar-refractivity contribution in [2.45, 2.75) is 6.92 Å². The Labute approximate surface area is 145 Å². The van der Waals surface area contributed by atoms with E-state index in [1.54, 1.807) is 19.1 Å². The number of fused-ring (bicyclic) bond motifs is 1. The van der Waals surface area contributed by atoms with Crippen LogP contribution in [0.15, 0.2) is 51.6 Å². The zero-order valence-electron chi connectivity index (χ0n) is 13.4. The molecule has 0 bridgehead atoms. The van der Waals surface area contributed by atoms with E-state index in [1.165, 1.54) is 12.3 Å². The van der Waals surface area contributed by atoms with Crippen LogP contribution >= 0.6 is 0 Å². The molecule has 3 heterocycles. The van der Waals surface area contributed by atoms with Crippen LogP contribution in [-0.4, -0.2) is 16.0 Å². The number of nitrogens with zero attached hydrogens (tertiary/aromatic N) is 2. The van der Waals surface area contributed by atoms with Gasteiger partial charge in [0.1, 0.15) is 17.3 Å². The number of halogens is 2. The van der Waals surface area contributed by atoms with Crippen LogP contribution in [0.3, 0.4) is 0 Å². The fourth-order valence-electron chi connectivity index (χ4n) is 2.60. The standard InChI is InChI=1S/C18H11F2N3O3/c1-9-16-11(17(24)21-13-5-4-10(19)7-12(13)20)8-14(15-3-2-6-25-15)22-18(16)26-23-9/h2-8H,1H3,(H,21,24). The number of nitrogens with one attached hydrogen (secondary N) is 1. The predicted octanol–water partition coefficient (Wildman–Crippen LogP) is 4.32. The number of rotatable bonds is 3. The lowest BCUT2D eigenvalue weighted by atomic mass is 10.1. The van der Waals surface area contributed by atoms with Crippen molar-refractivity contribution in [3.05, 3.63) is 65.6 Å². The maximum Gasteiger partial charge on any atom is 0.259 e. The molecule has 0 atom stereocenters. The van der Waals surface area contributed by atoms with Crippen LogP contribution in [0.1, 0.15) is 16.1 Å². The van der Waals surface area contributed by atoms with Crippen molar-refractivity contribution < 1.29 is 22.5 Å². The third kappa shape index (κ3) is 2.71. The fourth-order valence-corrected chi connectivity index (χ4v) is 2.60. The van der Waals surface area contributed by atoms with Crippen LogP contribution in [0.2, 0.25) is 0 Å². The summed E-state index contributed by atoms with van der Waals surface area (Å²) in [4.78, 5) is 17.0. The summed E-state index contributed by atoms with van der Waals surface area (Å²) in [6, 6.07) is 7.76. The third-order valence-electron chi connectivity index (χ3n) is 3.81. The molecule has 130 valence electrons. The first-order chi connectivity index (χ1) is 12.5. The molecule has 4 aromatic rings. The van der Waals surface area contributed by atoms with Crippen LogP contribution in [-0.2, 0) is 0 Å². The number of amides is 1. The van der Waals surface area contributed by atoms with Crippen molar-refractivity contribution in [3.63, 3.8) is 0 Å². The SMILES string of the molecule is Cc1noc2nc(-c3ccco3)cc(C(=O)Nc3ccc(F)cc3F)c12. The van der Waals surface area contributed by atoms with Gasteiger partial charge in [0.15, 0.2) is 5.76 Å². The van der Waals surface area contributed by atoms with Gasteiger partial charge in [0, 0.05) is 6.07 Å². The fraction of sp³-hybridized carbons (Fsp3) is 0.0556. The normalized spacial score (nSPS) is 11.0. The first-order valence-corrected chi connectivity index (χ1v) is 7.60. The molecule has 0 aliphatic rings. The minimum Gasteiger partial charge on any atom is -0.463 e. The molecule has 8 heteroatoms. The summed E-state index contributed by atoms with van der Waals surface area (Å²) in [5.74, 6) is -1.79. The van der Waals surface area contributed by atoms with E-state index in [0.29, 0.717) is 28.6 Å². The Kier molecular flexibility index (Phi) is 3.72. The number of carbonyl (C=O) groups is 1. The number of benzene rings is 1. The summed E-state index contributed by atoms with van der Waals surface area (Å²) in [6.45, 7) is 1.66. The van der Waals surface area contributed by atoms with Crippen LogP contribution in [0.4, 0.5) is 14.5 Å². The maximum atomic E-state index is 13.8. The van der Waals surface area contributed by atoms with Crippen LogP contribution in [0.25, 0.3) is 22.6 Å². The molecular formula is C18H11F2N3O3. The Hall–Kier alpha value is -3.55. The number of anilines is 1. The Morgan fingerprint density at radius 2 is 2.04 bits per heavy atom. The molecule has 0 spiro atoms. The first kappa shape index (κ1) is 15.9. The molecule has 0 aliphatic heterocycles. The van der Waals surface area contributed by atoms with Crippen molar-refractivity contribution in [3.8, 4) is 11.5 Å². The van der Waals surface area contributed by atoms with Crippen molar-refractivity contribution in [2.24, 2.45) is 0 Å². The van der Waals surface area contributed by atoms with E-state index in [4.69, 9.17) is 8.94 Å². The monoisotopic (exact) mass is 355 g/mol. The van der Waals surface area contributed by atoms with E-state index in [0.717, 1.165) is 12.1 Å². The highest BCUT2D eigenvalue weighted by molar-refractivity contribution is 6.13. The summed E-state index contributed by atoms with van der Waals surface area (Å²) < 4.78 is 37.4. The highest BCUT2D eigenvalue weighted by Crippen LogP contribution is 2.28. The number of aromatic nitrogens is 2. The van der Waals surface area contributed by atoms with E-state index >= 15 is 0 Å². The molecule has 0 aliphatic carbocycles. The van der Waals surface area contributed by atoms with Gasteiger partial charge in [-0.25, -0.2) is 13.8 Å². The highest BCUT2D eigenvalue weighted by atomic mass is 19.1. The van der Waals surface area contributed by atoms with Crippen LogP contribution < -0.4 is 5.32 Å². The Bertz CT molecular complexity index is 1120. The second kappa shape index (κ2) is 6.07. The molecular weight excluding hydrogens is 344 g/mol. The van der Waals surface area contributed by atoms with Gasteiger partial charge in [-0.05, 0) is 37.3 Å². The average molecular weight is 355 g/mol. The van der Waals surface area contributed by atoms with Crippen molar-refractivity contribution >= 4 is 22.7 Å². The van der Waals surface area contributed by atoms with Gasteiger partial charge in [0.05, 0.1) is 28.6 Å². The number of furan rings is 1. The molecule has 1 aromatic carbocycles. The minimum atomic E-state index is -0.878. The van der Waals surface area contributed by atoms with Gasteiger partial charge in [0.2, 0.25) is 0 Å². The quantitative estimate of drug-likeness (QED) is 0.592. The zero-order chi connectivity index (χ0) is 18.3. The second-order valence-corrected chi connectivity index (χ2v) is 5.56. The van der Waals surface area contributed by atoms with Gasteiger partial charge in [-0.1, -0.05) is 5.16 Å². The molecule has 4 rings (SSSR count). The molecule has 26 heavy (non-hydrogen) atoms. The predicted molar refractivity (Wildman–Crippen MR) is 88.6 cm³/mol. The second-order valence-electron chi connectivity index (χ2n) is 5.56. The van der Waals surface area contributed by atoms with Crippen molar-refractivity contribution in [1.82, 2.24) is 10.1 Å². The summed E-state index contributed by atoms with van der Waals surface area (Å²) >= 11 is 0. The number of carbonyl (C=O) groups excluding carboxylic acids is 1. The number of hydrogen-bond donors (Lipinski definition) is 1. The topological polar surface area (TPSA) is 81.2 Å². The number of hydrogen-bond acceptors (Lipinski definition) is 5. The van der Waals surface area contributed by atoms with Crippen LogP contribution in [0.5, 0.6) is 0 Å². The van der Waals surface area contributed by atoms with Gasteiger partial charge in [-0.3, -0.25) is 4.79 Å². The lowest BCUT2D eigenvalue weighted by Crippen LogP contribution is -2.14. The third-order valence-corrected chi connectivity index (χ3v) is 3.81. The molecule has 3 aromatic heterocycles. The Balaban J connectivity index is 1.81. The molecule has 1 amide bonds. The smallest absolute Gasteiger partial charge is 0.259 e. The van der Waals surface area contributed by atoms with E-state index in [-0.39, 0.29) is 17.0 Å². The molecule has 0 fully saturated rings. The Morgan fingerprint density at radius 1 is 1.19 bits per heavy atom. The van der Waals surface area contributed by atoms with Crippen molar-refractivity contribution in [1.29, 1.82) is 0 Å².